The molecule has 0 aliphatic carbocycles. The first-order chi connectivity index (χ1) is 9.70. The lowest BCUT2D eigenvalue weighted by atomic mass is 10.1. The Morgan fingerprint density at radius 3 is 2.24 bits per heavy atom. The largest absolute Gasteiger partial charge is 0.279 e. The van der Waals surface area contributed by atoms with E-state index >= 15 is 0 Å². The second kappa shape index (κ2) is 6.12. The average molecular weight is 410 g/mol. The number of hydrogen-bond donors (Lipinski definition) is 1. The van der Waals surface area contributed by atoms with Crippen LogP contribution in [0.1, 0.15) is 11.1 Å². The van der Waals surface area contributed by atoms with Crippen molar-refractivity contribution < 1.29 is 8.42 Å². The number of rotatable bonds is 3. The third kappa shape index (κ3) is 3.69. The van der Waals surface area contributed by atoms with E-state index in [1.54, 1.807) is 0 Å². The second-order valence-electron chi connectivity index (χ2n) is 4.46. The molecule has 21 heavy (non-hydrogen) atoms. The molecule has 0 aliphatic rings. The van der Waals surface area contributed by atoms with Crippen LogP contribution in [0.5, 0.6) is 0 Å². The molecule has 0 unspecified atom stereocenters. The molecule has 1 heterocycles. The van der Waals surface area contributed by atoms with Crippen LogP contribution in [0.2, 0.25) is 10.2 Å². The standard InChI is InChI=1S/C13H11BrCl2N2O2S/c1-7-3-9(14)4-8(2)12(7)18-21(19,20)10-5-11(15)13(16)17-6-10/h3-6,18H,1-2H3. The first kappa shape index (κ1) is 16.5. The van der Waals surface area contributed by atoms with E-state index in [4.69, 9.17) is 23.2 Å². The zero-order valence-electron chi connectivity index (χ0n) is 11.1. The summed E-state index contributed by atoms with van der Waals surface area (Å²) in [6, 6.07) is 4.93. The molecule has 0 bridgehead atoms. The van der Waals surface area contributed by atoms with Crippen molar-refractivity contribution in [3.8, 4) is 0 Å². The lowest BCUT2D eigenvalue weighted by Gasteiger charge is -2.14. The highest BCUT2D eigenvalue weighted by molar-refractivity contribution is 9.10. The van der Waals surface area contributed by atoms with Crippen molar-refractivity contribution >= 4 is 54.8 Å². The molecule has 1 N–H and O–H groups in total. The molecule has 112 valence electrons. The van der Waals surface area contributed by atoms with E-state index in [-0.39, 0.29) is 15.1 Å². The average Bonchev–Trinajstić information content (AvgIpc) is 2.37. The molecule has 0 atom stereocenters. The minimum atomic E-state index is -3.78. The number of benzene rings is 1. The van der Waals surface area contributed by atoms with Gasteiger partial charge in [-0.25, -0.2) is 13.4 Å². The molecule has 4 nitrogen and oxygen atoms in total. The Balaban J connectivity index is 2.44. The monoisotopic (exact) mass is 408 g/mol. The fourth-order valence-electron chi connectivity index (χ4n) is 1.82. The summed E-state index contributed by atoms with van der Waals surface area (Å²) < 4.78 is 28.2. The van der Waals surface area contributed by atoms with Gasteiger partial charge in [0.1, 0.15) is 10.0 Å². The number of aromatic nitrogens is 1. The Bertz CT molecular complexity index is 787. The smallest absolute Gasteiger partial charge is 0.263 e. The summed E-state index contributed by atoms with van der Waals surface area (Å²) in [4.78, 5) is 3.71. The van der Waals surface area contributed by atoms with Crippen LogP contribution in [0, 0.1) is 13.8 Å². The van der Waals surface area contributed by atoms with Gasteiger partial charge in [0.25, 0.3) is 10.0 Å². The Kier molecular flexibility index (Phi) is 4.82. The molecule has 1 aromatic heterocycles. The van der Waals surface area contributed by atoms with E-state index in [1.807, 2.05) is 26.0 Å². The minimum Gasteiger partial charge on any atom is -0.279 e. The molecule has 0 saturated heterocycles. The Hall–Kier alpha value is -0.820. The molecule has 0 amide bonds. The van der Waals surface area contributed by atoms with Crippen LogP contribution in [-0.4, -0.2) is 13.4 Å². The van der Waals surface area contributed by atoms with Gasteiger partial charge in [0, 0.05) is 10.7 Å². The maximum absolute atomic E-state index is 12.4. The van der Waals surface area contributed by atoms with Crippen molar-refractivity contribution in [1.82, 2.24) is 4.98 Å². The van der Waals surface area contributed by atoms with Crippen molar-refractivity contribution in [2.75, 3.05) is 4.72 Å². The summed E-state index contributed by atoms with van der Waals surface area (Å²) in [6.07, 6.45) is 1.17. The van der Waals surface area contributed by atoms with Crippen LogP contribution in [0.15, 0.2) is 33.8 Å². The molecule has 0 aliphatic heterocycles. The summed E-state index contributed by atoms with van der Waals surface area (Å²) >= 11 is 14.9. The minimum absolute atomic E-state index is 0.0429. The van der Waals surface area contributed by atoms with Crippen molar-refractivity contribution in [2.45, 2.75) is 18.7 Å². The fourth-order valence-corrected chi connectivity index (χ4v) is 4.01. The highest BCUT2D eigenvalue weighted by Crippen LogP contribution is 2.28. The number of nitrogens with zero attached hydrogens (tertiary/aromatic N) is 1. The first-order valence-corrected chi connectivity index (χ1v) is 8.84. The quantitative estimate of drug-likeness (QED) is 0.755. The van der Waals surface area contributed by atoms with Gasteiger partial charge in [-0.3, -0.25) is 4.72 Å². The molecule has 0 fully saturated rings. The Morgan fingerprint density at radius 1 is 1.14 bits per heavy atom. The number of nitrogens with one attached hydrogen (secondary N) is 1. The predicted octanol–water partition coefficient (Wildman–Crippen LogP) is 4.57. The Morgan fingerprint density at radius 2 is 1.71 bits per heavy atom. The third-order valence-corrected chi connectivity index (χ3v) is 5.28. The van der Waals surface area contributed by atoms with Gasteiger partial charge in [0.05, 0.1) is 10.7 Å². The summed E-state index contributed by atoms with van der Waals surface area (Å²) in [5.41, 5.74) is 2.14. The normalized spacial score (nSPS) is 11.5. The molecular formula is C13H11BrCl2N2O2S. The maximum Gasteiger partial charge on any atom is 0.263 e. The van der Waals surface area contributed by atoms with E-state index in [0.29, 0.717) is 5.69 Å². The molecule has 2 rings (SSSR count). The summed E-state index contributed by atoms with van der Waals surface area (Å²) in [6.45, 7) is 3.64. The second-order valence-corrected chi connectivity index (χ2v) is 7.83. The number of sulfonamides is 1. The molecular weight excluding hydrogens is 399 g/mol. The molecule has 0 radical (unpaired) electrons. The first-order valence-electron chi connectivity index (χ1n) is 5.81. The zero-order valence-corrected chi connectivity index (χ0v) is 15.0. The van der Waals surface area contributed by atoms with Gasteiger partial charge in [0.2, 0.25) is 0 Å². The topological polar surface area (TPSA) is 59.1 Å². The number of hydrogen-bond acceptors (Lipinski definition) is 3. The molecule has 1 aromatic carbocycles. The van der Waals surface area contributed by atoms with Gasteiger partial charge in [-0.2, -0.15) is 0 Å². The summed E-state index contributed by atoms with van der Waals surface area (Å²) in [5, 5.41) is 0.149. The third-order valence-electron chi connectivity index (χ3n) is 2.82. The van der Waals surface area contributed by atoms with Gasteiger partial charge < -0.3 is 0 Å². The van der Waals surface area contributed by atoms with Gasteiger partial charge in [-0.1, -0.05) is 39.1 Å². The van der Waals surface area contributed by atoms with E-state index in [9.17, 15) is 8.42 Å². The lowest BCUT2D eigenvalue weighted by molar-refractivity contribution is 0.600. The van der Waals surface area contributed by atoms with Gasteiger partial charge >= 0.3 is 0 Å². The van der Waals surface area contributed by atoms with Gasteiger partial charge in [-0.15, -0.1) is 0 Å². The van der Waals surface area contributed by atoms with E-state index in [2.05, 4.69) is 25.6 Å². The van der Waals surface area contributed by atoms with Gasteiger partial charge in [0.15, 0.2) is 0 Å². The van der Waals surface area contributed by atoms with E-state index < -0.39 is 10.0 Å². The van der Waals surface area contributed by atoms with E-state index in [0.717, 1.165) is 15.6 Å². The van der Waals surface area contributed by atoms with Crippen LogP contribution in [0.25, 0.3) is 0 Å². The summed E-state index contributed by atoms with van der Waals surface area (Å²) in [5.74, 6) is 0. The molecule has 8 heteroatoms. The molecule has 0 saturated carbocycles. The maximum atomic E-state index is 12.4. The number of aryl methyl sites for hydroxylation is 2. The van der Waals surface area contributed by atoms with Crippen molar-refractivity contribution in [1.29, 1.82) is 0 Å². The molecule has 2 aromatic rings. The predicted molar refractivity (Wildman–Crippen MR) is 88.7 cm³/mol. The van der Waals surface area contributed by atoms with E-state index in [1.165, 1.54) is 12.3 Å². The van der Waals surface area contributed by atoms with Gasteiger partial charge in [-0.05, 0) is 43.2 Å². The highest BCUT2D eigenvalue weighted by atomic mass is 79.9. The van der Waals surface area contributed by atoms with Crippen LogP contribution in [0.4, 0.5) is 5.69 Å². The van der Waals surface area contributed by atoms with Crippen molar-refractivity contribution in [3.05, 3.63) is 50.2 Å². The molecule has 0 spiro atoms. The van der Waals surface area contributed by atoms with Crippen LogP contribution >= 0.6 is 39.1 Å². The van der Waals surface area contributed by atoms with Crippen molar-refractivity contribution in [2.24, 2.45) is 0 Å². The van der Waals surface area contributed by atoms with Crippen LogP contribution in [-0.2, 0) is 10.0 Å². The highest BCUT2D eigenvalue weighted by Gasteiger charge is 2.18. The SMILES string of the molecule is Cc1cc(Br)cc(C)c1NS(=O)(=O)c1cnc(Cl)c(Cl)c1. The fraction of sp³-hybridized carbons (Fsp3) is 0.154. The number of halogens is 3. The number of anilines is 1. The van der Waals surface area contributed by atoms with Crippen LogP contribution in [0.3, 0.4) is 0 Å². The Labute approximate surface area is 141 Å². The van der Waals surface area contributed by atoms with Crippen molar-refractivity contribution in [3.63, 3.8) is 0 Å². The lowest BCUT2D eigenvalue weighted by Crippen LogP contribution is -2.15. The summed E-state index contributed by atoms with van der Waals surface area (Å²) in [7, 11) is -3.78. The van der Waals surface area contributed by atoms with Crippen LogP contribution < -0.4 is 4.72 Å². The zero-order chi connectivity index (χ0) is 15.8. The number of pyridine rings is 1.